The van der Waals surface area contributed by atoms with Gasteiger partial charge in [0.05, 0.1) is 22.9 Å². The zero-order valence-electron chi connectivity index (χ0n) is 22.4. The Morgan fingerprint density at radius 1 is 1.16 bits per heavy atom. The number of anilines is 1. The molecule has 0 saturated heterocycles. The average Bonchev–Trinajstić information content (AvgIpc) is 3.47. The van der Waals surface area contributed by atoms with Crippen LogP contribution in [0, 0.1) is 19.7 Å². The van der Waals surface area contributed by atoms with Gasteiger partial charge in [0.15, 0.2) is 0 Å². The van der Waals surface area contributed by atoms with E-state index in [-0.39, 0.29) is 11.5 Å². The molecule has 3 N–H and O–H groups in total. The predicted octanol–water partition coefficient (Wildman–Crippen LogP) is 3.72. The molecule has 4 aromatic rings. The summed E-state index contributed by atoms with van der Waals surface area (Å²) in [4.78, 5) is 13.9. The van der Waals surface area contributed by atoms with Crippen molar-refractivity contribution in [1.29, 1.82) is 0 Å². The van der Waals surface area contributed by atoms with Crippen LogP contribution in [0.4, 0.5) is 10.1 Å². The van der Waals surface area contributed by atoms with Gasteiger partial charge < -0.3 is 15.7 Å². The van der Waals surface area contributed by atoms with Crippen molar-refractivity contribution in [2.24, 2.45) is 0 Å². The number of halogens is 1. The maximum atomic E-state index is 14.4. The highest BCUT2D eigenvalue weighted by Gasteiger charge is 2.25. The third-order valence-corrected chi connectivity index (χ3v) is 9.77. The van der Waals surface area contributed by atoms with Crippen molar-refractivity contribution in [1.82, 2.24) is 24.2 Å². The van der Waals surface area contributed by atoms with Gasteiger partial charge in [0.1, 0.15) is 11.6 Å². The molecule has 38 heavy (non-hydrogen) atoms. The molecule has 0 aliphatic carbocycles. The van der Waals surface area contributed by atoms with Crippen molar-refractivity contribution < 1.29 is 9.50 Å². The first kappa shape index (κ1) is 26.4. The number of benzene rings is 2. The molecule has 5 rings (SSSR count). The molecule has 0 spiro atoms. The Labute approximate surface area is 222 Å². The van der Waals surface area contributed by atoms with Gasteiger partial charge in [-0.15, -0.1) is 0 Å². The number of imidazole rings is 1. The minimum absolute atomic E-state index is 0.224. The number of aliphatic hydroxyl groups is 1. The van der Waals surface area contributed by atoms with E-state index >= 15 is 0 Å². The van der Waals surface area contributed by atoms with Crippen LogP contribution in [0.1, 0.15) is 36.2 Å². The predicted molar refractivity (Wildman–Crippen MR) is 152 cm³/mol. The zero-order chi connectivity index (χ0) is 27.1. The fourth-order valence-corrected chi connectivity index (χ4v) is 7.28. The van der Waals surface area contributed by atoms with E-state index in [1.54, 1.807) is 52.2 Å². The Bertz CT molecular complexity index is 1530. The van der Waals surface area contributed by atoms with Crippen LogP contribution in [0.3, 0.4) is 0 Å². The molecule has 2 aromatic heterocycles. The number of aromatic nitrogens is 4. The summed E-state index contributed by atoms with van der Waals surface area (Å²) in [6.07, 6.45) is 5.13. The topological polar surface area (TPSA) is 89.0 Å². The van der Waals surface area contributed by atoms with E-state index in [0.717, 1.165) is 52.8 Å². The molecule has 0 fully saturated rings. The maximum absolute atomic E-state index is 14.4. The van der Waals surface area contributed by atoms with Crippen molar-refractivity contribution >= 4 is 18.9 Å². The van der Waals surface area contributed by atoms with Crippen LogP contribution in [-0.2, 0) is 13.0 Å². The summed E-state index contributed by atoms with van der Waals surface area (Å²) >= 11 is 0. The number of fused-ring (bicyclic) bond motifs is 1. The first-order valence-electron chi connectivity index (χ1n) is 12.9. The fraction of sp³-hybridized carbons (Fsp3) is 0.357. The highest BCUT2D eigenvalue weighted by atomic mass is 31.1. The summed E-state index contributed by atoms with van der Waals surface area (Å²) in [5.74, 6) is 0.00862. The summed E-state index contributed by atoms with van der Waals surface area (Å²) in [6.45, 7) is 8.80. The number of hydrogen-bond acceptors (Lipinski definition) is 5. The third-order valence-electron chi connectivity index (χ3n) is 7.18. The molecule has 0 bridgehead atoms. The monoisotopic (exact) mass is 536 g/mol. The lowest BCUT2D eigenvalue weighted by molar-refractivity contribution is 0.279. The number of aliphatic hydroxyl groups excluding tert-OH is 1. The minimum atomic E-state index is -0.741. The van der Waals surface area contributed by atoms with E-state index in [2.05, 4.69) is 17.6 Å². The number of hydrogen-bond donors (Lipinski definition) is 3. The van der Waals surface area contributed by atoms with E-state index in [0.29, 0.717) is 23.5 Å². The zero-order valence-corrected chi connectivity index (χ0v) is 23.3. The lowest BCUT2D eigenvalue weighted by Crippen LogP contribution is -2.27. The fourth-order valence-electron chi connectivity index (χ4n) is 5.26. The Kier molecular flexibility index (Phi) is 7.27. The van der Waals surface area contributed by atoms with Gasteiger partial charge in [-0.25, -0.2) is 13.9 Å². The summed E-state index contributed by atoms with van der Waals surface area (Å²) in [7, 11) is 1.11. The van der Waals surface area contributed by atoms with E-state index in [9.17, 15) is 14.3 Å². The van der Waals surface area contributed by atoms with E-state index < -0.39 is 13.8 Å². The summed E-state index contributed by atoms with van der Waals surface area (Å²) < 4.78 is 19.4. The normalized spacial score (nSPS) is 14.8. The standard InChI is InChI=1S/C28H34FN6O2P/c1-6-38(19(4)36)25-8-7-20(15-24(25)30-5)33-11-12-34(28(33)37)27-22-16-31-10-9-23(22)32-35(27)21-13-17(2)26(29)18(3)14-21/h7-8,11-15,19,30-31,36H,6,9-10,16H2,1-5H3. The van der Waals surface area contributed by atoms with Gasteiger partial charge in [0.25, 0.3) is 0 Å². The van der Waals surface area contributed by atoms with Gasteiger partial charge in [-0.1, -0.05) is 13.0 Å². The molecule has 2 aromatic carbocycles. The van der Waals surface area contributed by atoms with Gasteiger partial charge in [-0.2, -0.15) is 5.10 Å². The molecular weight excluding hydrogens is 502 g/mol. The second-order valence-electron chi connectivity index (χ2n) is 9.67. The van der Waals surface area contributed by atoms with E-state index in [4.69, 9.17) is 5.10 Å². The first-order valence-corrected chi connectivity index (χ1v) is 14.5. The van der Waals surface area contributed by atoms with E-state index in [1.165, 1.54) is 0 Å². The van der Waals surface area contributed by atoms with Crippen LogP contribution < -0.4 is 21.6 Å². The van der Waals surface area contributed by atoms with Crippen molar-refractivity contribution in [3.05, 3.63) is 81.4 Å². The molecule has 8 nitrogen and oxygen atoms in total. The summed E-state index contributed by atoms with van der Waals surface area (Å²) in [5.41, 5.74) is 5.09. The van der Waals surface area contributed by atoms with Crippen LogP contribution in [0.5, 0.6) is 0 Å². The van der Waals surface area contributed by atoms with Gasteiger partial charge in [0, 0.05) is 55.5 Å². The number of nitrogens with zero attached hydrogens (tertiary/aromatic N) is 4. The number of rotatable bonds is 7. The molecular formula is C28H34FN6O2P. The van der Waals surface area contributed by atoms with Crippen molar-refractivity contribution in [3.8, 4) is 17.2 Å². The Balaban J connectivity index is 1.65. The minimum Gasteiger partial charge on any atom is -0.389 e. The molecule has 1 aliphatic heterocycles. The van der Waals surface area contributed by atoms with Gasteiger partial charge >= 0.3 is 5.69 Å². The van der Waals surface area contributed by atoms with Gasteiger partial charge in [0.2, 0.25) is 0 Å². The molecule has 2 atom stereocenters. The third kappa shape index (κ3) is 4.49. The Morgan fingerprint density at radius 2 is 1.87 bits per heavy atom. The van der Waals surface area contributed by atoms with Crippen LogP contribution in [-0.4, -0.2) is 49.6 Å². The SMILES string of the molecule is CCP(c1ccc(-n2ccn(-c3c4c(nn3-c3cc(C)c(F)c(C)c3)CCNC4)c2=O)cc1NC)C(C)O. The van der Waals surface area contributed by atoms with Crippen molar-refractivity contribution in [2.45, 2.75) is 46.5 Å². The van der Waals surface area contributed by atoms with Gasteiger partial charge in [-0.05, 0) is 70.2 Å². The molecule has 3 heterocycles. The highest BCUT2D eigenvalue weighted by Crippen LogP contribution is 2.41. The largest absolute Gasteiger partial charge is 0.389 e. The molecule has 200 valence electrons. The first-order chi connectivity index (χ1) is 18.2. The van der Waals surface area contributed by atoms with Crippen molar-refractivity contribution in [3.63, 3.8) is 0 Å². The van der Waals surface area contributed by atoms with E-state index in [1.807, 2.05) is 32.2 Å². The van der Waals surface area contributed by atoms with Crippen LogP contribution in [0.25, 0.3) is 17.2 Å². The Hall–Kier alpha value is -3.26. The molecule has 2 unspecified atom stereocenters. The molecule has 10 heteroatoms. The van der Waals surface area contributed by atoms with Crippen LogP contribution in [0.2, 0.25) is 0 Å². The summed E-state index contributed by atoms with van der Waals surface area (Å²) in [6, 6.07) is 9.43. The second kappa shape index (κ2) is 10.5. The van der Waals surface area contributed by atoms with Crippen LogP contribution in [0.15, 0.2) is 47.5 Å². The van der Waals surface area contributed by atoms with Crippen molar-refractivity contribution in [2.75, 3.05) is 25.1 Å². The summed E-state index contributed by atoms with van der Waals surface area (Å²) in [5, 5.41) is 22.9. The number of aryl methyl sites for hydroxylation is 2. The average molecular weight is 537 g/mol. The molecule has 1 aliphatic rings. The maximum Gasteiger partial charge on any atom is 0.338 e. The quantitative estimate of drug-likeness (QED) is 0.314. The Morgan fingerprint density at radius 3 is 2.53 bits per heavy atom. The molecule has 0 radical (unpaired) electrons. The van der Waals surface area contributed by atoms with Gasteiger partial charge in [-0.3, -0.25) is 9.13 Å². The lowest BCUT2D eigenvalue weighted by atomic mass is 10.1. The smallest absolute Gasteiger partial charge is 0.338 e. The number of nitrogens with one attached hydrogen (secondary N) is 2. The lowest BCUT2D eigenvalue weighted by Gasteiger charge is -2.22. The second-order valence-corrected chi connectivity index (χ2v) is 12.5. The van der Waals surface area contributed by atoms with Crippen LogP contribution >= 0.6 is 7.92 Å². The molecule has 0 saturated carbocycles. The highest BCUT2D eigenvalue weighted by molar-refractivity contribution is 7.66. The molecule has 0 amide bonds.